The highest BCUT2D eigenvalue weighted by Crippen LogP contribution is 2.25. The molecule has 2 aromatic rings. The third-order valence-electron chi connectivity index (χ3n) is 4.69. The molecule has 0 aliphatic carbocycles. The molecule has 2 unspecified atom stereocenters. The molecule has 3 rings (SSSR count). The van der Waals surface area contributed by atoms with Crippen LogP contribution in [0.1, 0.15) is 35.8 Å². The molecule has 1 aliphatic rings. The number of aliphatic carboxylic acids is 1. The maximum absolute atomic E-state index is 13.0. The number of hydrogen-bond acceptors (Lipinski definition) is 3. The Kier molecular flexibility index (Phi) is 4.81. The first kappa shape index (κ1) is 17.5. The fourth-order valence-electron chi connectivity index (χ4n) is 3.16. The summed E-state index contributed by atoms with van der Waals surface area (Å²) in [6.45, 7) is 3.97. The van der Waals surface area contributed by atoms with Crippen molar-refractivity contribution in [1.82, 2.24) is 14.7 Å². The van der Waals surface area contributed by atoms with Crippen molar-refractivity contribution in [3.63, 3.8) is 0 Å². The number of benzene rings is 1. The monoisotopic (exact) mass is 361 g/mol. The number of aryl methyl sites for hydroxylation is 1. The summed E-state index contributed by atoms with van der Waals surface area (Å²) in [5.41, 5.74) is 1.76. The van der Waals surface area contributed by atoms with Crippen LogP contribution in [0.4, 0.5) is 0 Å². The van der Waals surface area contributed by atoms with Crippen LogP contribution in [0.2, 0.25) is 5.02 Å². The molecule has 25 heavy (non-hydrogen) atoms. The molecule has 6 nitrogen and oxygen atoms in total. The standard InChI is InChI=1S/C18H20ClN3O3/c1-11-9-22(15-6-4-3-5-14(15)19)20-16(11)17(23)21-10-13(18(24)25)8-7-12(21)2/h3-6,9,12-13H,7-8,10H2,1-2H3,(H,24,25). The first-order valence-electron chi connectivity index (χ1n) is 8.23. The van der Waals surface area contributed by atoms with Crippen molar-refractivity contribution in [3.8, 4) is 5.69 Å². The van der Waals surface area contributed by atoms with E-state index in [1.54, 1.807) is 21.8 Å². The quantitative estimate of drug-likeness (QED) is 0.911. The molecule has 2 heterocycles. The van der Waals surface area contributed by atoms with E-state index in [1.807, 2.05) is 32.0 Å². The number of para-hydroxylation sites is 1. The number of aromatic nitrogens is 2. The zero-order chi connectivity index (χ0) is 18.1. The average Bonchev–Trinajstić information content (AvgIpc) is 2.96. The number of nitrogens with zero attached hydrogens (tertiary/aromatic N) is 3. The highest BCUT2D eigenvalue weighted by molar-refractivity contribution is 6.32. The van der Waals surface area contributed by atoms with Crippen molar-refractivity contribution >= 4 is 23.5 Å². The number of carboxylic acids is 1. The van der Waals surface area contributed by atoms with Crippen molar-refractivity contribution in [2.24, 2.45) is 5.92 Å². The Bertz CT molecular complexity index is 818. The normalized spacial score (nSPS) is 20.5. The Hall–Kier alpha value is -2.34. The van der Waals surface area contributed by atoms with E-state index in [4.69, 9.17) is 11.6 Å². The van der Waals surface area contributed by atoms with Gasteiger partial charge in [-0.15, -0.1) is 0 Å². The van der Waals surface area contributed by atoms with E-state index >= 15 is 0 Å². The molecular weight excluding hydrogens is 342 g/mol. The molecule has 1 aromatic heterocycles. The molecule has 7 heteroatoms. The summed E-state index contributed by atoms with van der Waals surface area (Å²) < 4.78 is 1.59. The van der Waals surface area contributed by atoms with E-state index in [0.717, 1.165) is 5.56 Å². The third kappa shape index (κ3) is 3.39. The molecule has 0 radical (unpaired) electrons. The Morgan fingerprint density at radius 2 is 2.00 bits per heavy atom. The smallest absolute Gasteiger partial charge is 0.308 e. The zero-order valence-corrected chi connectivity index (χ0v) is 14.9. The lowest BCUT2D eigenvalue weighted by atomic mass is 9.93. The van der Waals surface area contributed by atoms with Gasteiger partial charge in [0.25, 0.3) is 5.91 Å². The van der Waals surface area contributed by atoms with Crippen LogP contribution in [0.3, 0.4) is 0 Å². The Balaban J connectivity index is 1.90. The van der Waals surface area contributed by atoms with Gasteiger partial charge < -0.3 is 10.0 Å². The number of carboxylic acid groups (broad SMARTS) is 1. The molecule has 0 bridgehead atoms. The maximum atomic E-state index is 13.0. The summed E-state index contributed by atoms with van der Waals surface area (Å²) in [4.78, 5) is 25.9. The Morgan fingerprint density at radius 1 is 1.28 bits per heavy atom. The van der Waals surface area contributed by atoms with Gasteiger partial charge in [0.05, 0.1) is 16.6 Å². The average molecular weight is 362 g/mol. The van der Waals surface area contributed by atoms with E-state index in [2.05, 4.69) is 5.10 Å². The number of carbonyl (C=O) groups excluding carboxylic acids is 1. The molecule has 1 fully saturated rings. The van der Waals surface area contributed by atoms with Crippen LogP contribution in [0.15, 0.2) is 30.5 Å². The zero-order valence-electron chi connectivity index (χ0n) is 14.1. The van der Waals surface area contributed by atoms with Crippen LogP contribution in [-0.2, 0) is 4.79 Å². The predicted molar refractivity (Wildman–Crippen MR) is 94.2 cm³/mol. The molecular formula is C18H20ClN3O3. The molecule has 1 aromatic carbocycles. The number of amides is 1. The van der Waals surface area contributed by atoms with Crippen molar-refractivity contribution in [2.45, 2.75) is 32.7 Å². The van der Waals surface area contributed by atoms with E-state index in [-0.39, 0.29) is 18.5 Å². The molecule has 1 saturated heterocycles. The fraction of sp³-hybridized carbons (Fsp3) is 0.389. The van der Waals surface area contributed by atoms with Crippen molar-refractivity contribution in [1.29, 1.82) is 0 Å². The number of halogens is 1. The molecule has 1 N–H and O–H groups in total. The van der Waals surface area contributed by atoms with E-state index < -0.39 is 11.9 Å². The van der Waals surface area contributed by atoms with Gasteiger partial charge in [0.1, 0.15) is 0 Å². The molecule has 0 saturated carbocycles. The van der Waals surface area contributed by atoms with Gasteiger partial charge in [-0.1, -0.05) is 23.7 Å². The minimum Gasteiger partial charge on any atom is -0.481 e. The van der Waals surface area contributed by atoms with Crippen LogP contribution in [-0.4, -0.2) is 44.3 Å². The van der Waals surface area contributed by atoms with Gasteiger partial charge in [0, 0.05) is 24.3 Å². The maximum Gasteiger partial charge on any atom is 0.308 e. The highest BCUT2D eigenvalue weighted by Gasteiger charge is 2.34. The largest absolute Gasteiger partial charge is 0.481 e. The lowest BCUT2D eigenvalue weighted by molar-refractivity contribution is -0.143. The van der Waals surface area contributed by atoms with Crippen LogP contribution in [0, 0.1) is 12.8 Å². The summed E-state index contributed by atoms with van der Waals surface area (Å²) in [5.74, 6) is -1.61. The minimum absolute atomic E-state index is 0.00652. The predicted octanol–water partition coefficient (Wildman–Crippen LogP) is 3.16. The number of likely N-dealkylation sites (tertiary alicyclic amines) is 1. The minimum atomic E-state index is -0.858. The van der Waals surface area contributed by atoms with Gasteiger partial charge in [0.2, 0.25) is 0 Å². The van der Waals surface area contributed by atoms with Crippen molar-refractivity contribution in [2.75, 3.05) is 6.54 Å². The van der Waals surface area contributed by atoms with Gasteiger partial charge in [-0.25, -0.2) is 4.68 Å². The second kappa shape index (κ2) is 6.88. The third-order valence-corrected chi connectivity index (χ3v) is 5.01. The fourth-order valence-corrected chi connectivity index (χ4v) is 3.38. The number of hydrogen-bond donors (Lipinski definition) is 1. The van der Waals surface area contributed by atoms with Crippen molar-refractivity contribution < 1.29 is 14.7 Å². The summed E-state index contributed by atoms with van der Waals surface area (Å²) in [5, 5.41) is 14.2. The first-order chi connectivity index (χ1) is 11.9. The van der Waals surface area contributed by atoms with Crippen LogP contribution in [0.5, 0.6) is 0 Å². The van der Waals surface area contributed by atoms with E-state index in [0.29, 0.717) is 29.2 Å². The molecule has 0 spiro atoms. The van der Waals surface area contributed by atoms with Crippen LogP contribution in [0.25, 0.3) is 5.69 Å². The molecule has 2 atom stereocenters. The SMILES string of the molecule is Cc1cn(-c2ccccc2Cl)nc1C(=O)N1CC(C(=O)O)CCC1C. The number of carbonyl (C=O) groups is 2. The summed E-state index contributed by atoms with van der Waals surface area (Å²) in [6.07, 6.45) is 3.03. The van der Waals surface area contributed by atoms with Crippen LogP contribution < -0.4 is 0 Å². The lowest BCUT2D eigenvalue weighted by Gasteiger charge is -2.36. The topological polar surface area (TPSA) is 75.4 Å². The number of rotatable bonds is 3. The van der Waals surface area contributed by atoms with Gasteiger partial charge in [0.15, 0.2) is 5.69 Å². The number of piperidine rings is 1. The van der Waals surface area contributed by atoms with Gasteiger partial charge in [-0.3, -0.25) is 9.59 Å². The Labute approximate surface area is 151 Å². The van der Waals surface area contributed by atoms with Crippen molar-refractivity contribution in [3.05, 3.63) is 46.7 Å². The molecule has 1 amide bonds. The summed E-state index contributed by atoms with van der Waals surface area (Å²) in [7, 11) is 0. The second-order valence-corrected chi connectivity index (χ2v) is 6.88. The Morgan fingerprint density at radius 3 is 2.68 bits per heavy atom. The highest BCUT2D eigenvalue weighted by atomic mass is 35.5. The molecule has 1 aliphatic heterocycles. The van der Waals surface area contributed by atoms with E-state index in [1.165, 1.54) is 0 Å². The lowest BCUT2D eigenvalue weighted by Crippen LogP contribution is -2.47. The summed E-state index contributed by atoms with van der Waals surface area (Å²) >= 11 is 6.20. The second-order valence-electron chi connectivity index (χ2n) is 6.48. The van der Waals surface area contributed by atoms with E-state index in [9.17, 15) is 14.7 Å². The van der Waals surface area contributed by atoms with Crippen LogP contribution >= 0.6 is 11.6 Å². The summed E-state index contributed by atoms with van der Waals surface area (Å²) in [6, 6.07) is 7.26. The first-order valence-corrected chi connectivity index (χ1v) is 8.61. The van der Waals surface area contributed by atoms with Gasteiger partial charge in [-0.2, -0.15) is 5.10 Å². The van der Waals surface area contributed by atoms with Gasteiger partial charge in [-0.05, 0) is 38.8 Å². The van der Waals surface area contributed by atoms with Gasteiger partial charge >= 0.3 is 5.97 Å². The molecule has 132 valence electrons.